The smallest absolute Gasteiger partial charge is 0.108 e. The first-order chi connectivity index (χ1) is 14.3. The van der Waals surface area contributed by atoms with Crippen molar-refractivity contribution in [3.63, 3.8) is 0 Å². The Morgan fingerprint density at radius 3 is 1.93 bits per heavy atom. The van der Waals surface area contributed by atoms with Gasteiger partial charge in [0.1, 0.15) is 6.54 Å². The summed E-state index contributed by atoms with van der Waals surface area (Å²) in [6, 6.07) is 24.5. The van der Waals surface area contributed by atoms with Gasteiger partial charge in [0.25, 0.3) is 0 Å². The maximum atomic E-state index is 11.0. The van der Waals surface area contributed by atoms with Gasteiger partial charge >= 0.3 is 0 Å². The van der Waals surface area contributed by atoms with Gasteiger partial charge in [-0.15, -0.1) is 0 Å². The van der Waals surface area contributed by atoms with Crippen molar-refractivity contribution in [3.8, 4) is 0 Å². The van der Waals surface area contributed by atoms with Gasteiger partial charge in [0, 0.05) is 44.5 Å². The molecule has 0 amide bonds. The molecule has 0 saturated carbocycles. The molecule has 5 rings (SSSR count). The zero-order valence-electron chi connectivity index (χ0n) is 15.9. The lowest BCUT2D eigenvalue weighted by Gasteiger charge is -2.15. The third-order valence-corrected chi connectivity index (χ3v) is 5.59. The van der Waals surface area contributed by atoms with Crippen LogP contribution in [0, 0.1) is 4.91 Å². The van der Waals surface area contributed by atoms with Crippen molar-refractivity contribution < 1.29 is 5.11 Å². The van der Waals surface area contributed by atoms with E-state index in [1.165, 1.54) is 10.8 Å². The molecule has 0 saturated heterocycles. The molecule has 0 aliphatic heterocycles. The van der Waals surface area contributed by atoms with E-state index < -0.39 is 6.10 Å². The molecule has 0 radical (unpaired) electrons. The molecule has 5 nitrogen and oxygen atoms in total. The zero-order chi connectivity index (χ0) is 19.8. The summed E-state index contributed by atoms with van der Waals surface area (Å²) in [6.07, 6.45) is 1.35. The molecule has 2 aromatic heterocycles. The van der Waals surface area contributed by atoms with Crippen LogP contribution in [-0.2, 0) is 19.6 Å². The molecule has 144 valence electrons. The molecule has 1 N–H and O–H groups in total. The zero-order valence-corrected chi connectivity index (χ0v) is 15.9. The van der Waals surface area contributed by atoms with E-state index in [1.807, 2.05) is 59.3 Å². The van der Waals surface area contributed by atoms with E-state index in [-0.39, 0.29) is 6.54 Å². The first-order valence-electron chi connectivity index (χ1n) is 9.76. The van der Waals surface area contributed by atoms with Gasteiger partial charge in [-0.2, -0.15) is 4.91 Å². The van der Waals surface area contributed by atoms with Gasteiger partial charge in [0.05, 0.1) is 19.2 Å². The van der Waals surface area contributed by atoms with Crippen LogP contribution in [0.2, 0.25) is 0 Å². The molecule has 0 bridgehead atoms. The number of nitroso groups, excluding NO2 is 1. The molecule has 0 aliphatic rings. The van der Waals surface area contributed by atoms with Gasteiger partial charge in [0.2, 0.25) is 0 Å². The second kappa shape index (κ2) is 7.18. The molecule has 3 aromatic carbocycles. The highest BCUT2D eigenvalue weighted by atomic mass is 16.3. The highest BCUT2D eigenvalue weighted by molar-refractivity contribution is 6.07. The molecule has 5 aromatic rings. The van der Waals surface area contributed by atoms with Crippen molar-refractivity contribution in [3.05, 3.63) is 89.5 Å². The van der Waals surface area contributed by atoms with Crippen molar-refractivity contribution in [2.75, 3.05) is 0 Å². The third-order valence-electron chi connectivity index (χ3n) is 5.59. The largest absolute Gasteiger partial charge is 0.389 e. The van der Waals surface area contributed by atoms with Crippen molar-refractivity contribution in [1.29, 1.82) is 0 Å². The number of fused-ring (bicyclic) bond motifs is 4. The van der Waals surface area contributed by atoms with Gasteiger partial charge in [-0.25, -0.2) is 0 Å². The Labute approximate surface area is 167 Å². The van der Waals surface area contributed by atoms with Crippen molar-refractivity contribution in [2.24, 2.45) is 5.18 Å². The number of para-hydroxylation sites is 3. The van der Waals surface area contributed by atoms with E-state index in [4.69, 9.17) is 0 Å². The molecule has 0 aliphatic carbocycles. The second-order valence-corrected chi connectivity index (χ2v) is 7.41. The van der Waals surface area contributed by atoms with Gasteiger partial charge in [0.15, 0.2) is 0 Å². The van der Waals surface area contributed by atoms with E-state index in [0.717, 1.165) is 27.5 Å². The molecule has 1 unspecified atom stereocenters. The first kappa shape index (κ1) is 17.6. The summed E-state index contributed by atoms with van der Waals surface area (Å²) >= 11 is 0. The predicted molar refractivity (Wildman–Crippen MR) is 117 cm³/mol. The Morgan fingerprint density at radius 1 is 0.759 bits per heavy atom. The normalized spacial score (nSPS) is 12.7. The average Bonchev–Trinajstić information content (AvgIpc) is 3.25. The van der Waals surface area contributed by atoms with Gasteiger partial charge in [-0.1, -0.05) is 59.8 Å². The summed E-state index contributed by atoms with van der Waals surface area (Å²) < 4.78 is 4.21. The van der Waals surface area contributed by atoms with E-state index in [9.17, 15) is 10.0 Å². The Hall–Kier alpha value is -3.44. The highest BCUT2D eigenvalue weighted by Crippen LogP contribution is 2.29. The van der Waals surface area contributed by atoms with Crippen molar-refractivity contribution in [1.82, 2.24) is 9.13 Å². The van der Waals surface area contributed by atoms with Gasteiger partial charge in [-0.3, -0.25) is 0 Å². The summed E-state index contributed by atoms with van der Waals surface area (Å²) in [5.74, 6) is 0. The number of benzene rings is 3. The number of hydrogen-bond donors (Lipinski definition) is 1. The monoisotopic (exact) mass is 383 g/mol. The minimum absolute atomic E-state index is 0.135. The number of aliphatic hydroxyl groups is 1. The minimum atomic E-state index is -0.581. The van der Waals surface area contributed by atoms with Crippen molar-refractivity contribution >= 4 is 32.7 Å². The van der Waals surface area contributed by atoms with Crippen molar-refractivity contribution in [2.45, 2.75) is 25.7 Å². The number of nitrogens with zero attached hydrogens (tertiary/aromatic N) is 3. The van der Waals surface area contributed by atoms with Gasteiger partial charge in [-0.05, 0) is 18.2 Å². The summed E-state index contributed by atoms with van der Waals surface area (Å²) in [4.78, 5) is 10.8. The van der Waals surface area contributed by atoms with E-state index in [2.05, 4.69) is 34.0 Å². The first-order valence-corrected chi connectivity index (χ1v) is 9.76. The average molecular weight is 383 g/mol. The second-order valence-electron chi connectivity index (χ2n) is 7.41. The van der Waals surface area contributed by atoms with Crippen LogP contribution in [-0.4, -0.2) is 20.3 Å². The standard InChI is InChI=1S/C24H21N3O2/c28-18(15-26-14-17(13-25-29)19-7-1-4-10-22(19)26)16-27-23-11-5-2-8-20(23)21-9-3-6-12-24(21)27/h1-12,14,18,28H,13,15-16H2. The molecule has 29 heavy (non-hydrogen) atoms. The number of aromatic nitrogens is 2. The molecule has 2 heterocycles. The molecular weight excluding hydrogens is 362 g/mol. The summed E-state index contributed by atoms with van der Waals surface area (Å²) in [5, 5.41) is 17.4. The van der Waals surface area contributed by atoms with Gasteiger partial charge < -0.3 is 14.2 Å². The lowest BCUT2D eigenvalue weighted by atomic mass is 10.2. The minimum Gasteiger partial charge on any atom is -0.389 e. The Kier molecular flexibility index (Phi) is 4.37. The quantitative estimate of drug-likeness (QED) is 0.416. The molecule has 5 heteroatoms. The number of hydrogen-bond acceptors (Lipinski definition) is 3. The Balaban J connectivity index is 1.51. The lowest BCUT2D eigenvalue weighted by Crippen LogP contribution is -2.21. The fraction of sp³-hybridized carbons (Fsp3) is 0.167. The SMILES string of the molecule is O=NCc1cn(CC(O)Cn2c3ccccc3c3ccccc32)c2ccccc12. The maximum absolute atomic E-state index is 11.0. The van der Waals surface area contributed by atoms with Crippen LogP contribution in [0.5, 0.6) is 0 Å². The Bertz CT molecular complexity index is 1280. The van der Waals surface area contributed by atoms with E-state index in [0.29, 0.717) is 13.1 Å². The molecule has 0 spiro atoms. The van der Waals surface area contributed by atoms with Crippen LogP contribution in [0.25, 0.3) is 32.7 Å². The maximum Gasteiger partial charge on any atom is 0.108 e. The van der Waals surface area contributed by atoms with Crippen LogP contribution in [0.1, 0.15) is 5.56 Å². The third kappa shape index (κ3) is 3.00. The molecule has 1 atom stereocenters. The molecular formula is C24H21N3O2. The highest BCUT2D eigenvalue weighted by Gasteiger charge is 2.15. The van der Waals surface area contributed by atoms with E-state index in [1.54, 1.807) is 0 Å². The fourth-order valence-electron chi connectivity index (χ4n) is 4.36. The van der Waals surface area contributed by atoms with Crippen LogP contribution < -0.4 is 0 Å². The predicted octanol–water partition coefficient (Wildman–Crippen LogP) is 5.08. The number of aliphatic hydroxyl groups excluding tert-OH is 1. The van der Waals surface area contributed by atoms with Crippen LogP contribution in [0.3, 0.4) is 0 Å². The van der Waals surface area contributed by atoms with Crippen LogP contribution in [0.4, 0.5) is 0 Å². The van der Waals surface area contributed by atoms with E-state index >= 15 is 0 Å². The summed E-state index contributed by atoms with van der Waals surface area (Å²) in [7, 11) is 0. The lowest BCUT2D eigenvalue weighted by molar-refractivity contribution is 0.138. The summed E-state index contributed by atoms with van der Waals surface area (Å²) in [6.45, 7) is 1.07. The van der Waals surface area contributed by atoms with Crippen LogP contribution >= 0.6 is 0 Å². The molecule has 0 fully saturated rings. The topological polar surface area (TPSA) is 59.5 Å². The Morgan fingerprint density at radius 2 is 1.31 bits per heavy atom. The number of rotatable bonds is 6. The fourth-order valence-corrected chi connectivity index (χ4v) is 4.36. The van der Waals surface area contributed by atoms with Crippen LogP contribution in [0.15, 0.2) is 84.2 Å². The summed E-state index contributed by atoms with van der Waals surface area (Å²) in [5.41, 5.74) is 4.14.